The van der Waals surface area contributed by atoms with Gasteiger partial charge in [0.2, 0.25) is 0 Å². The third kappa shape index (κ3) is 2.83. The molecule has 0 heterocycles. The molecule has 0 saturated carbocycles. The van der Waals surface area contributed by atoms with Gasteiger partial charge in [-0.3, -0.25) is 11.3 Å². The number of nitrogens with two attached hydrogens (primary N) is 1. The van der Waals surface area contributed by atoms with E-state index in [0.29, 0.717) is 6.04 Å². The minimum Gasteiger partial charge on any atom is -0.271 e. The number of aryl methyl sites for hydroxylation is 2. The Hall–Kier alpha value is -0.860. The second kappa shape index (κ2) is 4.40. The molecule has 1 rings (SSSR count). The summed E-state index contributed by atoms with van der Waals surface area (Å²) in [6.07, 6.45) is 0.990. The second-order valence-electron chi connectivity index (χ2n) is 3.70. The summed E-state index contributed by atoms with van der Waals surface area (Å²) in [6.45, 7) is 6.34. The highest BCUT2D eigenvalue weighted by molar-refractivity contribution is 5.30. The van der Waals surface area contributed by atoms with Crippen molar-refractivity contribution < 1.29 is 0 Å². The molecule has 1 unspecified atom stereocenters. The standard InChI is InChI=1S/C11H18N2/c1-8-4-5-9(2)11(6-8)7-10(3)13-12/h4-6,10,13H,7,12H2,1-3H3. The van der Waals surface area contributed by atoms with E-state index in [2.05, 4.69) is 44.4 Å². The van der Waals surface area contributed by atoms with Crippen LogP contribution in [0.15, 0.2) is 18.2 Å². The maximum absolute atomic E-state index is 5.36. The molecule has 0 amide bonds. The van der Waals surface area contributed by atoms with Crippen LogP contribution in [0.3, 0.4) is 0 Å². The zero-order valence-corrected chi connectivity index (χ0v) is 8.59. The van der Waals surface area contributed by atoms with Crippen LogP contribution >= 0.6 is 0 Å². The van der Waals surface area contributed by atoms with Gasteiger partial charge in [0.15, 0.2) is 0 Å². The first-order valence-corrected chi connectivity index (χ1v) is 4.65. The van der Waals surface area contributed by atoms with E-state index >= 15 is 0 Å². The van der Waals surface area contributed by atoms with E-state index in [0.717, 1.165) is 6.42 Å². The van der Waals surface area contributed by atoms with Crippen molar-refractivity contribution in [2.75, 3.05) is 0 Å². The van der Waals surface area contributed by atoms with Gasteiger partial charge in [-0.2, -0.15) is 0 Å². The molecule has 0 bridgehead atoms. The van der Waals surface area contributed by atoms with Crippen LogP contribution in [0.2, 0.25) is 0 Å². The van der Waals surface area contributed by atoms with Crippen molar-refractivity contribution in [1.29, 1.82) is 0 Å². The van der Waals surface area contributed by atoms with Crippen molar-refractivity contribution in [1.82, 2.24) is 5.43 Å². The van der Waals surface area contributed by atoms with Crippen LogP contribution in [-0.4, -0.2) is 6.04 Å². The molecule has 0 aliphatic heterocycles. The topological polar surface area (TPSA) is 38.0 Å². The number of hydrazine groups is 1. The number of rotatable bonds is 3. The first-order chi connectivity index (χ1) is 6.13. The molecule has 0 spiro atoms. The lowest BCUT2D eigenvalue weighted by Crippen LogP contribution is -2.34. The molecule has 0 radical (unpaired) electrons. The molecule has 13 heavy (non-hydrogen) atoms. The predicted molar refractivity (Wildman–Crippen MR) is 56.4 cm³/mol. The van der Waals surface area contributed by atoms with E-state index in [1.54, 1.807) is 0 Å². The van der Waals surface area contributed by atoms with Gasteiger partial charge in [0, 0.05) is 6.04 Å². The van der Waals surface area contributed by atoms with Crippen LogP contribution in [-0.2, 0) is 6.42 Å². The van der Waals surface area contributed by atoms with Crippen molar-refractivity contribution in [3.05, 3.63) is 34.9 Å². The summed E-state index contributed by atoms with van der Waals surface area (Å²) in [7, 11) is 0. The molecule has 1 atom stereocenters. The van der Waals surface area contributed by atoms with Crippen molar-refractivity contribution in [3.8, 4) is 0 Å². The average molecular weight is 178 g/mol. The predicted octanol–water partition coefficient (Wildman–Crippen LogP) is 1.70. The average Bonchev–Trinajstić information content (AvgIpc) is 2.11. The first kappa shape index (κ1) is 10.2. The summed E-state index contributed by atoms with van der Waals surface area (Å²) < 4.78 is 0. The van der Waals surface area contributed by atoms with Gasteiger partial charge in [0.25, 0.3) is 0 Å². The molecule has 1 aromatic carbocycles. The zero-order chi connectivity index (χ0) is 9.84. The van der Waals surface area contributed by atoms with Gasteiger partial charge in [0.1, 0.15) is 0 Å². The van der Waals surface area contributed by atoms with E-state index in [9.17, 15) is 0 Å². The highest BCUT2D eigenvalue weighted by atomic mass is 15.2. The zero-order valence-electron chi connectivity index (χ0n) is 8.59. The molecule has 2 heteroatoms. The number of nitrogens with one attached hydrogen (secondary N) is 1. The fourth-order valence-corrected chi connectivity index (χ4v) is 1.41. The number of benzene rings is 1. The van der Waals surface area contributed by atoms with Gasteiger partial charge in [-0.1, -0.05) is 23.8 Å². The Balaban J connectivity index is 2.81. The molecule has 3 N–H and O–H groups in total. The minimum absolute atomic E-state index is 0.334. The Morgan fingerprint density at radius 1 is 1.38 bits per heavy atom. The summed E-state index contributed by atoms with van der Waals surface area (Å²) in [4.78, 5) is 0. The molecule has 0 fully saturated rings. The van der Waals surface area contributed by atoms with Crippen LogP contribution in [0, 0.1) is 13.8 Å². The van der Waals surface area contributed by atoms with Crippen LogP contribution in [0.4, 0.5) is 0 Å². The van der Waals surface area contributed by atoms with Gasteiger partial charge in [-0.25, -0.2) is 0 Å². The lowest BCUT2D eigenvalue weighted by molar-refractivity contribution is 0.566. The van der Waals surface area contributed by atoms with E-state index < -0.39 is 0 Å². The summed E-state index contributed by atoms with van der Waals surface area (Å²) >= 11 is 0. The number of hydrogen-bond acceptors (Lipinski definition) is 2. The van der Waals surface area contributed by atoms with Gasteiger partial charge < -0.3 is 0 Å². The Bertz CT molecular complexity index is 281. The fraction of sp³-hybridized carbons (Fsp3) is 0.455. The van der Waals surface area contributed by atoms with Gasteiger partial charge in [0.05, 0.1) is 0 Å². The lowest BCUT2D eigenvalue weighted by atomic mass is 10.00. The van der Waals surface area contributed by atoms with Crippen LogP contribution in [0.1, 0.15) is 23.6 Å². The van der Waals surface area contributed by atoms with E-state index in [-0.39, 0.29) is 0 Å². The molecule has 0 saturated heterocycles. The highest BCUT2D eigenvalue weighted by Crippen LogP contribution is 2.12. The van der Waals surface area contributed by atoms with Gasteiger partial charge in [-0.05, 0) is 38.3 Å². The first-order valence-electron chi connectivity index (χ1n) is 4.65. The van der Waals surface area contributed by atoms with E-state index in [1.165, 1.54) is 16.7 Å². The molecule has 1 aromatic rings. The quantitative estimate of drug-likeness (QED) is 0.546. The molecule has 72 valence electrons. The Morgan fingerprint density at radius 3 is 2.69 bits per heavy atom. The Labute approximate surface area is 80.1 Å². The summed E-state index contributed by atoms with van der Waals surface area (Å²) in [5, 5.41) is 0. The van der Waals surface area contributed by atoms with Crippen molar-refractivity contribution in [2.24, 2.45) is 5.84 Å². The molecular weight excluding hydrogens is 160 g/mol. The SMILES string of the molecule is Cc1ccc(C)c(CC(C)NN)c1. The molecule has 0 aliphatic carbocycles. The largest absolute Gasteiger partial charge is 0.271 e. The van der Waals surface area contributed by atoms with Crippen molar-refractivity contribution in [2.45, 2.75) is 33.2 Å². The maximum Gasteiger partial charge on any atom is 0.0222 e. The Kier molecular flexibility index (Phi) is 3.46. The maximum atomic E-state index is 5.36. The van der Waals surface area contributed by atoms with Crippen LogP contribution in [0.25, 0.3) is 0 Å². The normalized spacial score (nSPS) is 12.9. The van der Waals surface area contributed by atoms with Crippen LogP contribution in [0.5, 0.6) is 0 Å². The van der Waals surface area contributed by atoms with E-state index in [1.807, 2.05) is 0 Å². The molecule has 0 aliphatic rings. The second-order valence-corrected chi connectivity index (χ2v) is 3.70. The molecule has 0 aromatic heterocycles. The smallest absolute Gasteiger partial charge is 0.0222 e. The Morgan fingerprint density at radius 2 is 2.08 bits per heavy atom. The van der Waals surface area contributed by atoms with Crippen LogP contribution < -0.4 is 11.3 Å². The molecular formula is C11H18N2. The van der Waals surface area contributed by atoms with E-state index in [4.69, 9.17) is 5.84 Å². The summed E-state index contributed by atoms with van der Waals surface area (Å²) in [5.74, 6) is 5.36. The summed E-state index contributed by atoms with van der Waals surface area (Å²) in [5.41, 5.74) is 6.79. The highest BCUT2D eigenvalue weighted by Gasteiger charge is 2.03. The molecule has 2 nitrogen and oxygen atoms in total. The van der Waals surface area contributed by atoms with Crippen molar-refractivity contribution >= 4 is 0 Å². The summed E-state index contributed by atoms with van der Waals surface area (Å²) in [6, 6.07) is 6.86. The third-order valence-electron chi connectivity index (χ3n) is 2.32. The number of hydrogen-bond donors (Lipinski definition) is 2. The monoisotopic (exact) mass is 178 g/mol. The van der Waals surface area contributed by atoms with Crippen molar-refractivity contribution in [3.63, 3.8) is 0 Å². The lowest BCUT2D eigenvalue weighted by Gasteiger charge is -2.12. The fourth-order valence-electron chi connectivity index (χ4n) is 1.41. The van der Waals surface area contributed by atoms with Gasteiger partial charge >= 0.3 is 0 Å². The van der Waals surface area contributed by atoms with Gasteiger partial charge in [-0.15, -0.1) is 0 Å². The minimum atomic E-state index is 0.334. The third-order valence-corrected chi connectivity index (χ3v) is 2.32.